The summed E-state index contributed by atoms with van der Waals surface area (Å²) < 4.78 is 5.81. The second-order valence-corrected chi connectivity index (χ2v) is 7.54. The second-order valence-electron chi connectivity index (χ2n) is 7.54. The fraction of sp³-hybridized carbons (Fsp3) is 0.292. The van der Waals surface area contributed by atoms with E-state index >= 15 is 0 Å². The molecule has 0 unspecified atom stereocenters. The van der Waals surface area contributed by atoms with Crippen LogP contribution in [0.1, 0.15) is 12.5 Å². The predicted molar refractivity (Wildman–Crippen MR) is 121 cm³/mol. The van der Waals surface area contributed by atoms with E-state index in [4.69, 9.17) is 4.74 Å². The Labute approximate surface area is 182 Å². The van der Waals surface area contributed by atoms with E-state index in [1.807, 2.05) is 67.6 Å². The lowest BCUT2D eigenvalue weighted by molar-refractivity contribution is -0.120. The van der Waals surface area contributed by atoms with Crippen molar-refractivity contribution >= 4 is 17.5 Å². The van der Waals surface area contributed by atoms with E-state index in [1.165, 1.54) is 0 Å². The van der Waals surface area contributed by atoms with Crippen molar-refractivity contribution in [2.45, 2.75) is 19.6 Å². The van der Waals surface area contributed by atoms with Gasteiger partial charge in [-0.1, -0.05) is 30.3 Å². The smallest absolute Gasteiger partial charge is 0.241 e. The summed E-state index contributed by atoms with van der Waals surface area (Å²) in [4.78, 5) is 25.7. The lowest BCUT2D eigenvalue weighted by Crippen LogP contribution is -2.53. The van der Waals surface area contributed by atoms with Crippen LogP contribution in [-0.4, -0.2) is 53.0 Å². The number of aromatic nitrogens is 2. The molecule has 0 bridgehead atoms. The van der Waals surface area contributed by atoms with Crippen LogP contribution >= 0.6 is 0 Å². The molecule has 2 aromatic carbocycles. The fourth-order valence-corrected chi connectivity index (χ4v) is 3.55. The molecule has 1 aliphatic heterocycles. The minimum atomic E-state index is -0.215. The van der Waals surface area contributed by atoms with Crippen LogP contribution < -0.4 is 15.0 Å². The van der Waals surface area contributed by atoms with E-state index in [-0.39, 0.29) is 11.9 Å². The van der Waals surface area contributed by atoms with Gasteiger partial charge in [0.1, 0.15) is 12.4 Å². The molecule has 31 heavy (non-hydrogen) atoms. The molecular weight excluding hydrogens is 390 g/mol. The average molecular weight is 418 g/mol. The Kier molecular flexibility index (Phi) is 6.74. The summed E-state index contributed by atoms with van der Waals surface area (Å²) in [6.07, 6.45) is 3.51. The number of nitrogens with zero attached hydrogens (tertiary/aromatic N) is 4. The van der Waals surface area contributed by atoms with Gasteiger partial charge < -0.3 is 15.0 Å². The van der Waals surface area contributed by atoms with Crippen LogP contribution in [0.4, 0.5) is 11.6 Å². The Balaban J connectivity index is 1.25. The molecule has 160 valence electrons. The van der Waals surface area contributed by atoms with Gasteiger partial charge in [-0.3, -0.25) is 9.69 Å². The third-order valence-corrected chi connectivity index (χ3v) is 5.45. The van der Waals surface area contributed by atoms with Gasteiger partial charge in [0.2, 0.25) is 11.9 Å². The minimum Gasteiger partial charge on any atom is -0.489 e. The Bertz CT molecular complexity index is 958. The van der Waals surface area contributed by atoms with Crippen molar-refractivity contribution in [3.05, 3.63) is 78.6 Å². The number of anilines is 2. The summed E-state index contributed by atoms with van der Waals surface area (Å²) in [5.74, 6) is 1.50. The average Bonchev–Trinajstić information content (AvgIpc) is 2.84. The highest BCUT2D eigenvalue weighted by atomic mass is 16.5. The first-order valence-electron chi connectivity index (χ1n) is 10.5. The van der Waals surface area contributed by atoms with Crippen LogP contribution in [0, 0.1) is 0 Å². The van der Waals surface area contributed by atoms with E-state index in [2.05, 4.69) is 25.1 Å². The van der Waals surface area contributed by atoms with Crippen LogP contribution in [0.15, 0.2) is 73.1 Å². The molecule has 1 saturated heterocycles. The Morgan fingerprint density at radius 2 is 1.65 bits per heavy atom. The Morgan fingerprint density at radius 1 is 0.968 bits per heavy atom. The number of rotatable bonds is 7. The quantitative estimate of drug-likeness (QED) is 0.637. The van der Waals surface area contributed by atoms with Gasteiger partial charge in [-0.25, -0.2) is 9.97 Å². The highest BCUT2D eigenvalue weighted by Crippen LogP contribution is 2.18. The Morgan fingerprint density at radius 3 is 2.32 bits per heavy atom. The summed E-state index contributed by atoms with van der Waals surface area (Å²) in [5, 5.41) is 3.01. The van der Waals surface area contributed by atoms with Crippen LogP contribution in [0.2, 0.25) is 0 Å². The second kappa shape index (κ2) is 10.0. The Hall–Kier alpha value is -3.45. The first kappa shape index (κ1) is 20.8. The molecule has 0 spiro atoms. The highest BCUT2D eigenvalue weighted by molar-refractivity contribution is 5.94. The van der Waals surface area contributed by atoms with E-state index in [0.29, 0.717) is 6.61 Å². The molecule has 3 aromatic rings. The molecule has 7 nitrogen and oxygen atoms in total. The van der Waals surface area contributed by atoms with Crippen LogP contribution in [-0.2, 0) is 11.4 Å². The highest BCUT2D eigenvalue weighted by Gasteiger charge is 2.26. The number of carbonyl (C=O) groups is 1. The third kappa shape index (κ3) is 5.58. The summed E-state index contributed by atoms with van der Waals surface area (Å²) in [5.41, 5.74) is 1.88. The monoisotopic (exact) mass is 417 g/mol. The molecule has 0 saturated carbocycles. The number of piperazine rings is 1. The van der Waals surface area contributed by atoms with Crippen LogP contribution in [0.25, 0.3) is 0 Å². The SMILES string of the molecule is C[C@H](C(=O)Nc1ccc(OCc2ccccc2)cc1)N1CCN(c2ncccn2)CC1. The van der Waals surface area contributed by atoms with Gasteiger partial charge in [-0.15, -0.1) is 0 Å². The molecule has 1 aromatic heterocycles. The summed E-state index contributed by atoms with van der Waals surface area (Å²) >= 11 is 0. The number of carbonyl (C=O) groups excluding carboxylic acids is 1. The number of benzene rings is 2. The van der Waals surface area contributed by atoms with Gasteiger partial charge in [0.15, 0.2) is 0 Å². The van der Waals surface area contributed by atoms with Crippen molar-refractivity contribution in [1.82, 2.24) is 14.9 Å². The first-order valence-corrected chi connectivity index (χ1v) is 10.5. The molecular formula is C24H27N5O2. The van der Waals surface area contributed by atoms with Crippen LogP contribution in [0.3, 0.4) is 0 Å². The maximum Gasteiger partial charge on any atom is 0.241 e. The maximum absolute atomic E-state index is 12.7. The van der Waals surface area contributed by atoms with E-state index in [0.717, 1.165) is 49.1 Å². The predicted octanol–water partition coefficient (Wildman–Crippen LogP) is 3.20. The van der Waals surface area contributed by atoms with Gasteiger partial charge in [0.05, 0.1) is 6.04 Å². The van der Waals surface area contributed by atoms with E-state index < -0.39 is 0 Å². The zero-order valence-corrected chi connectivity index (χ0v) is 17.6. The third-order valence-electron chi connectivity index (χ3n) is 5.45. The van der Waals surface area contributed by atoms with Crippen LogP contribution in [0.5, 0.6) is 5.75 Å². The van der Waals surface area contributed by atoms with Gasteiger partial charge in [-0.2, -0.15) is 0 Å². The molecule has 4 rings (SSSR count). The standard InChI is InChI=1S/C24H27N5O2/c1-19(28-14-16-29(17-15-28)24-25-12-5-13-26-24)23(30)27-21-8-10-22(11-9-21)31-18-20-6-3-2-4-7-20/h2-13,19H,14-18H2,1H3,(H,27,30)/t19-/m1/s1. The fourth-order valence-electron chi connectivity index (χ4n) is 3.55. The van der Waals surface area contributed by atoms with Crippen molar-refractivity contribution in [2.24, 2.45) is 0 Å². The minimum absolute atomic E-state index is 0.0117. The normalized spacial score (nSPS) is 15.3. The lowest BCUT2D eigenvalue weighted by atomic mass is 10.2. The van der Waals surface area contributed by atoms with Gasteiger partial charge in [-0.05, 0) is 42.8 Å². The first-order chi connectivity index (χ1) is 15.2. The van der Waals surface area contributed by atoms with Crippen molar-refractivity contribution in [1.29, 1.82) is 0 Å². The van der Waals surface area contributed by atoms with Crippen molar-refractivity contribution in [3.8, 4) is 5.75 Å². The summed E-state index contributed by atoms with van der Waals surface area (Å²) in [6.45, 7) is 5.65. The maximum atomic E-state index is 12.7. The molecule has 1 N–H and O–H groups in total. The molecule has 1 atom stereocenters. The molecule has 1 fully saturated rings. The van der Waals surface area contributed by atoms with Gasteiger partial charge in [0, 0.05) is 44.3 Å². The summed E-state index contributed by atoms with van der Waals surface area (Å²) in [7, 11) is 0. The van der Waals surface area contributed by atoms with Crippen molar-refractivity contribution in [3.63, 3.8) is 0 Å². The van der Waals surface area contributed by atoms with Crippen molar-refractivity contribution < 1.29 is 9.53 Å². The molecule has 1 amide bonds. The largest absolute Gasteiger partial charge is 0.489 e. The van der Waals surface area contributed by atoms with Crippen molar-refractivity contribution in [2.75, 3.05) is 36.4 Å². The van der Waals surface area contributed by atoms with E-state index in [1.54, 1.807) is 12.4 Å². The molecule has 0 radical (unpaired) electrons. The number of amides is 1. The number of ether oxygens (including phenoxy) is 1. The zero-order valence-electron chi connectivity index (χ0n) is 17.6. The van der Waals surface area contributed by atoms with E-state index in [9.17, 15) is 4.79 Å². The summed E-state index contributed by atoms with van der Waals surface area (Å²) in [6, 6.07) is 19.1. The van der Waals surface area contributed by atoms with Gasteiger partial charge in [0.25, 0.3) is 0 Å². The number of hydrogen-bond donors (Lipinski definition) is 1. The lowest BCUT2D eigenvalue weighted by Gasteiger charge is -2.37. The number of nitrogens with one attached hydrogen (secondary N) is 1. The molecule has 2 heterocycles. The molecule has 1 aliphatic rings. The number of hydrogen-bond acceptors (Lipinski definition) is 6. The molecule has 0 aliphatic carbocycles. The van der Waals surface area contributed by atoms with Gasteiger partial charge >= 0.3 is 0 Å². The molecule has 7 heteroatoms. The topological polar surface area (TPSA) is 70.6 Å². The zero-order chi connectivity index (χ0) is 21.5.